The van der Waals surface area contributed by atoms with E-state index in [4.69, 9.17) is 0 Å². The molecule has 0 N–H and O–H groups in total. The third kappa shape index (κ3) is 1.22. The van der Waals surface area contributed by atoms with Crippen LogP contribution in [-0.4, -0.2) is 0 Å². The lowest BCUT2D eigenvalue weighted by atomic mass is 10.1. The summed E-state index contributed by atoms with van der Waals surface area (Å²) < 4.78 is 1.38. The Morgan fingerprint density at radius 2 is 2.18 bits per heavy atom. The average molecular weight is 256 g/mol. The molecule has 0 heterocycles. The summed E-state index contributed by atoms with van der Waals surface area (Å²) in [6, 6.07) is 4.55. The fourth-order valence-corrected chi connectivity index (χ4v) is 1.92. The number of rotatable bonds is 0. The number of fused-ring (bicyclic) bond motifs is 1. The van der Waals surface area contributed by atoms with Crippen molar-refractivity contribution < 1.29 is 0 Å². The predicted octanol–water partition coefficient (Wildman–Crippen LogP) is 3.17. The van der Waals surface area contributed by atoms with Crippen LogP contribution in [-0.2, 0) is 6.42 Å². The molecule has 1 aliphatic carbocycles. The van der Waals surface area contributed by atoms with Crippen LogP contribution in [0.4, 0.5) is 0 Å². The number of hydrogen-bond donors (Lipinski definition) is 0. The van der Waals surface area contributed by atoms with E-state index in [9.17, 15) is 0 Å². The summed E-state index contributed by atoms with van der Waals surface area (Å²) in [6.45, 7) is 2.16. The second-order valence-electron chi connectivity index (χ2n) is 2.91. The molecule has 0 nitrogen and oxygen atoms in total. The molecule has 1 aliphatic rings. The van der Waals surface area contributed by atoms with Gasteiger partial charge >= 0.3 is 0 Å². The van der Waals surface area contributed by atoms with Crippen LogP contribution in [0.25, 0.3) is 6.08 Å². The van der Waals surface area contributed by atoms with E-state index in [1.165, 1.54) is 20.3 Å². The molecule has 0 saturated carbocycles. The van der Waals surface area contributed by atoms with Gasteiger partial charge in [0, 0.05) is 3.57 Å². The molecule has 0 radical (unpaired) electrons. The van der Waals surface area contributed by atoms with Crippen molar-refractivity contribution in [2.45, 2.75) is 13.3 Å². The molecule has 0 saturated heterocycles. The Hall–Kier alpha value is -0.310. The van der Waals surface area contributed by atoms with Crippen LogP contribution in [0, 0.1) is 10.5 Å². The normalized spacial score (nSPS) is 13.6. The van der Waals surface area contributed by atoms with Crippen LogP contribution >= 0.6 is 22.6 Å². The molecule has 0 unspecified atom stereocenters. The summed E-state index contributed by atoms with van der Waals surface area (Å²) in [7, 11) is 0. The summed E-state index contributed by atoms with van der Waals surface area (Å²) >= 11 is 2.39. The Bertz CT molecular complexity index is 324. The molecular formula is C10H9I. The highest BCUT2D eigenvalue weighted by Gasteiger charge is 2.06. The summed E-state index contributed by atoms with van der Waals surface area (Å²) in [5, 5.41) is 0. The fourth-order valence-electron chi connectivity index (χ4n) is 1.39. The Morgan fingerprint density at radius 1 is 1.36 bits per heavy atom. The van der Waals surface area contributed by atoms with Gasteiger partial charge in [-0.1, -0.05) is 18.2 Å². The maximum absolute atomic E-state index is 2.39. The number of allylic oxidation sites excluding steroid dienone is 1. The third-order valence-electron chi connectivity index (χ3n) is 2.06. The summed E-state index contributed by atoms with van der Waals surface area (Å²) in [4.78, 5) is 0. The summed E-state index contributed by atoms with van der Waals surface area (Å²) in [5.41, 5.74) is 4.26. The van der Waals surface area contributed by atoms with Crippen molar-refractivity contribution >= 4 is 28.7 Å². The molecule has 0 fully saturated rings. The average Bonchev–Trinajstić information content (AvgIpc) is 2.36. The zero-order valence-electron chi connectivity index (χ0n) is 6.39. The highest BCUT2D eigenvalue weighted by Crippen LogP contribution is 2.24. The molecule has 1 aromatic rings. The van der Waals surface area contributed by atoms with E-state index >= 15 is 0 Å². The van der Waals surface area contributed by atoms with Gasteiger partial charge in [0.25, 0.3) is 0 Å². The van der Waals surface area contributed by atoms with Crippen molar-refractivity contribution in [1.82, 2.24) is 0 Å². The highest BCUT2D eigenvalue weighted by atomic mass is 127. The lowest BCUT2D eigenvalue weighted by Crippen LogP contribution is -1.86. The first-order chi connectivity index (χ1) is 5.27. The Morgan fingerprint density at radius 3 is 3.00 bits per heavy atom. The van der Waals surface area contributed by atoms with Crippen molar-refractivity contribution in [3.63, 3.8) is 0 Å². The lowest BCUT2D eigenvalue weighted by molar-refractivity contribution is 1.27. The van der Waals surface area contributed by atoms with Gasteiger partial charge in [0.15, 0.2) is 0 Å². The first kappa shape index (κ1) is 7.35. The van der Waals surface area contributed by atoms with E-state index in [1.54, 1.807) is 0 Å². The second kappa shape index (κ2) is 2.63. The van der Waals surface area contributed by atoms with Crippen LogP contribution in [0.2, 0.25) is 0 Å². The van der Waals surface area contributed by atoms with E-state index < -0.39 is 0 Å². The fraction of sp³-hybridized carbons (Fsp3) is 0.200. The molecule has 0 spiro atoms. The van der Waals surface area contributed by atoms with Crippen molar-refractivity contribution in [2.75, 3.05) is 0 Å². The van der Waals surface area contributed by atoms with Crippen LogP contribution in [0.15, 0.2) is 18.2 Å². The molecule has 0 atom stereocenters. The molecule has 1 aromatic carbocycles. The van der Waals surface area contributed by atoms with E-state index in [2.05, 4.69) is 53.8 Å². The molecule has 0 bridgehead atoms. The second-order valence-corrected chi connectivity index (χ2v) is 4.07. The number of hydrogen-bond acceptors (Lipinski definition) is 0. The van der Waals surface area contributed by atoms with Crippen LogP contribution < -0.4 is 0 Å². The quantitative estimate of drug-likeness (QED) is 0.625. The van der Waals surface area contributed by atoms with Crippen molar-refractivity contribution in [3.05, 3.63) is 38.5 Å². The number of halogens is 1. The zero-order valence-corrected chi connectivity index (χ0v) is 8.55. The van der Waals surface area contributed by atoms with E-state index in [0.717, 1.165) is 6.42 Å². The number of aryl methyl sites for hydroxylation is 1. The van der Waals surface area contributed by atoms with Crippen LogP contribution in [0.3, 0.4) is 0 Å². The number of benzene rings is 1. The van der Waals surface area contributed by atoms with Gasteiger partial charge in [0.05, 0.1) is 0 Å². The van der Waals surface area contributed by atoms with Gasteiger partial charge < -0.3 is 0 Å². The van der Waals surface area contributed by atoms with Gasteiger partial charge in [0.1, 0.15) is 0 Å². The van der Waals surface area contributed by atoms with Gasteiger partial charge in [0.2, 0.25) is 0 Å². The monoisotopic (exact) mass is 256 g/mol. The summed E-state index contributed by atoms with van der Waals surface area (Å²) in [6.07, 6.45) is 5.55. The molecule has 1 heteroatoms. The maximum atomic E-state index is 2.39. The summed E-state index contributed by atoms with van der Waals surface area (Å²) in [5.74, 6) is 0. The predicted molar refractivity (Wildman–Crippen MR) is 56.6 cm³/mol. The maximum Gasteiger partial charge on any atom is 0.0162 e. The van der Waals surface area contributed by atoms with E-state index in [-0.39, 0.29) is 0 Å². The Kier molecular flexibility index (Phi) is 1.75. The SMILES string of the molecule is Cc1cc2c(cc1I)CC=C2. The van der Waals surface area contributed by atoms with Crippen molar-refractivity contribution in [2.24, 2.45) is 0 Å². The topological polar surface area (TPSA) is 0 Å². The molecule has 0 aromatic heterocycles. The first-order valence-corrected chi connectivity index (χ1v) is 4.81. The van der Waals surface area contributed by atoms with Gasteiger partial charge in [-0.25, -0.2) is 0 Å². The van der Waals surface area contributed by atoms with Gasteiger partial charge in [-0.15, -0.1) is 0 Å². The third-order valence-corrected chi connectivity index (χ3v) is 3.22. The minimum Gasteiger partial charge on any atom is -0.0795 e. The highest BCUT2D eigenvalue weighted by molar-refractivity contribution is 14.1. The molecule has 0 aliphatic heterocycles. The smallest absolute Gasteiger partial charge is 0.0162 e. The van der Waals surface area contributed by atoms with Crippen LogP contribution in [0.5, 0.6) is 0 Å². The standard InChI is InChI=1S/C10H9I/c1-7-5-8-3-2-4-9(8)6-10(7)11/h2-3,5-6H,4H2,1H3. The molecular weight excluding hydrogens is 247 g/mol. The van der Waals surface area contributed by atoms with Gasteiger partial charge in [-0.05, 0) is 58.7 Å². The van der Waals surface area contributed by atoms with Gasteiger partial charge in [-0.2, -0.15) is 0 Å². The van der Waals surface area contributed by atoms with E-state index in [0.29, 0.717) is 0 Å². The molecule has 11 heavy (non-hydrogen) atoms. The molecule has 56 valence electrons. The largest absolute Gasteiger partial charge is 0.0795 e. The molecule has 0 amide bonds. The first-order valence-electron chi connectivity index (χ1n) is 3.73. The minimum atomic E-state index is 1.12. The Balaban J connectivity index is 2.63. The van der Waals surface area contributed by atoms with Crippen LogP contribution in [0.1, 0.15) is 16.7 Å². The minimum absolute atomic E-state index is 1.12. The van der Waals surface area contributed by atoms with Gasteiger partial charge in [-0.3, -0.25) is 0 Å². The molecule has 2 rings (SSSR count). The zero-order chi connectivity index (χ0) is 7.84. The van der Waals surface area contributed by atoms with Crippen molar-refractivity contribution in [1.29, 1.82) is 0 Å². The lowest BCUT2D eigenvalue weighted by Gasteiger charge is -2.02. The van der Waals surface area contributed by atoms with Crippen molar-refractivity contribution in [3.8, 4) is 0 Å². The Labute approximate surface area is 80.5 Å². The van der Waals surface area contributed by atoms with E-state index in [1.807, 2.05) is 0 Å².